The van der Waals surface area contributed by atoms with Gasteiger partial charge in [0.2, 0.25) is 0 Å². The fourth-order valence-electron chi connectivity index (χ4n) is 5.45. The number of aliphatic hydroxyl groups is 2. The van der Waals surface area contributed by atoms with Gasteiger partial charge in [-0.05, 0) is 75.4 Å². The molecule has 2 heterocycles. The first kappa shape index (κ1) is 32.0. The van der Waals surface area contributed by atoms with Crippen LogP contribution >= 0.6 is 0 Å². The predicted molar refractivity (Wildman–Crippen MR) is 166 cm³/mol. The number of ether oxygens (including phenoxy) is 1. The van der Waals surface area contributed by atoms with Gasteiger partial charge in [-0.15, -0.1) is 0 Å². The molecule has 2 aromatic carbocycles. The topological polar surface area (TPSA) is 97.5 Å². The molecule has 0 aliphatic heterocycles. The summed E-state index contributed by atoms with van der Waals surface area (Å²) in [5, 5.41) is 21.6. The molecule has 3 atom stereocenters. The number of imidazole rings is 1. The second-order valence-corrected chi connectivity index (χ2v) is 11.9. The van der Waals surface area contributed by atoms with Gasteiger partial charge in [-0.2, -0.15) is 0 Å². The number of hydrogen-bond acceptors (Lipinski definition) is 6. The Morgan fingerprint density at radius 3 is 2.28 bits per heavy atom. The molecule has 0 aliphatic carbocycles. The number of halogens is 1. The molecule has 0 fully saturated rings. The van der Waals surface area contributed by atoms with Crippen molar-refractivity contribution in [2.45, 2.75) is 84.2 Å². The minimum absolute atomic E-state index is 0.0271. The van der Waals surface area contributed by atoms with E-state index in [4.69, 9.17) is 9.72 Å². The number of hydrogen-bond donors (Lipinski definition) is 2. The number of pyridine rings is 1. The van der Waals surface area contributed by atoms with Gasteiger partial charge in [-0.1, -0.05) is 50.6 Å². The SMILES string of the molecule is CCC(C)CC(C)(C)OC(=O)C[C@H](O)C[C@H](O)CCn1c(-c2ccccc2)nc(-c2ccncc2)c1-c1ccc(F)cc1. The van der Waals surface area contributed by atoms with Gasteiger partial charge in [0.15, 0.2) is 0 Å². The van der Waals surface area contributed by atoms with E-state index in [0.717, 1.165) is 35.2 Å². The fraction of sp³-hybridized carbons (Fsp3) is 0.400. The van der Waals surface area contributed by atoms with Crippen molar-refractivity contribution in [1.29, 1.82) is 0 Å². The summed E-state index contributed by atoms with van der Waals surface area (Å²) in [5.74, 6) is 0.299. The number of carbonyl (C=O) groups is 1. The van der Waals surface area contributed by atoms with E-state index in [0.29, 0.717) is 30.4 Å². The van der Waals surface area contributed by atoms with Crippen molar-refractivity contribution in [1.82, 2.24) is 14.5 Å². The van der Waals surface area contributed by atoms with E-state index in [2.05, 4.69) is 18.8 Å². The third kappa shape index (κ3) is 8.81. The Labute approximate surface area is 253 Å². The second kappa shape index (κ2) is 14.5. The van der Waals surface area contributed by atoms with Gasteiger partial charge in [0, 0.05) is 35.6 Å². The molecule has 1 unspecified atom stereocenters. The van der Waals surface area contributed by atoms with Gasteiger partial charge in [-0.3, -0.25) is 9.78 Å². The maximum absolute atomic E-state index is 13.9. The Kier molecular flexibility index (Phi) is 10.8. The lowest BCUT2D eigenvalue weighted by molar-refractivity contribution is -0.160. The van der Waals surface area contributed by atoms with E-state index in [1.54, 1.807) is 24.5 Å². The van der Waals surface area contributed by atoms with E-state index < -0.39 is 23.8 Å². The first-order valence-corrected chi connectivity index (χ1v) is 15.0. The first-order chi connectivity index (χ1) is 20.6. The summed E-state index contributed by atoms with van der Waals surface area (Å²) in [5.41, 5.74) is 3.40. The second-order valence-electron chi connectivity index (χ2n) is 11.9. The highest BCUT2D eigenvalue weighted by Crippen LogP contribution is 2.36. The molecule has 228 valence electrons. The number of benzene rings is 2. The molecule has 43 heavy (non-hydrogen) atoms. The molecule has 0 saturated carbocycles. The molecule has 4 aromatic rings. The monoisotopic (exact) mass is 587 g/mol. The van der Waals surface area contributed by atoms with E-state index in [-0.39, 0.29) is 18.7 Å². The van der Waals surface area contributed by atoms with Crippen LogP contribution in [0.3, 0.4) is 0 Å². The van der Waals surface area contributed by atoms with Crippen LogP contribution in [0, 0.1) is 11.7 Å². The minimum Gasteiger partial charge on any atom is -0.460 e. The van der Waals surface area contributed by atoms with Crippen molar-refractivity contribution in [3.05, 3.63) is 84.9 Å². The summed E-state index contributed by atoms with van der Waals surface area (Å²) < 4.78 is 21.6. The average Bonchev–Trinajstić information content (AvgIpc) is 3.36. The highest BCUT2D eigenvalue weighted by molar-refractivity contribution is 5.82. The van der Waals surface area contributed by atoms with Crippen molar-refractivity contribution in [3.8, 4) is 33.9 Å². The Morgan fingerprint density at radius 1 is 0.953 bits per heavy atom. The molecule has 7 nitrogen and oxygen atoms in total. The van der Waals surface area contributed by atoms with Gasteiger partial charge in [0.25, 0.3) is 0 Å². The summed E-state index contributed by atoms with van der Waals surface area (Å²) in [6.07, 6.45) is 3.35. The van der Waals surface area contributed by atoms with Crippen molar-refractivity contribution >= 4 is 5.97 Å². The number of rotatable bonds is 14. The Hall–Kier alpha value is -3.88. The molecule has 0 spiro atoms. The zero-order valence-corrected chi connectivity index (χ0v) is 25.4. The van der Waals surface area contributed by atoms with Crippen LogP contribution in [-0.2, 0) is 16.1 Å². The summed E-state index contributed by atoms with van der Waals surface area (Å²) in [4.78, 5) is 21.7. The predicted octanol–water partition coefficient (Wildman–Crippen LogP) is 7.07. The molecular formula is C35H42FN3O4. The summed E-state index contributed by atoms with van der Waals surface area (Å²) in [7, 11) is 0. The lowest BCUT2D eigenvalue weighted by Crippen LogP contribution is -2.32. The molecule has 8 heteroatoms. The molecule has 0 bridgehead atoms. The zero-order valence-electron chi connectivity index (χ0n) is 25.4. The van der Waals surface area contributed by atoms with Crippen LogP contribution in [0.1, 0.15) is 59.8 Å². The van der Waals surface area contributed by atoms with Gasteiger partial charge in [-0.25, -0.2) is 9.37 Å². The smallest absolute Gasteiger partial charge is 0.308 e. The van der Waals surface area contributed by atoms with Gasteiger partial charge in [0.05, 0.1) is 30.0 Å². The van der Waals surface area contributed by atoms with Crippen LogP contribution in [0.2, 0.25) is 0 Å². The lowest BCUT2D eigenvalue weighted by atomic mass is 9.93. The number of aromatic nitrogens is 3. The number of esters is 1. The van der Waals surface area contributed by atoms with Crippen LogP contribution in [0.5, 0.6) is 0 Å². The molecule has 2 aromatic heterocycles. The molecule has 0 amide bonds. The van der Waals surface area contributed by atoms with E-state index >= 15 is 0 Å². The molecular weight excluding hydrogens is 545 g/mol. The largest absolute Gasteiger partial charge is 0.460 e. The quantitative estimate of drug-likeness (QED) is 0.153. The van der Waals surface area contributed by atoms with Crippen molar-refractivity contribution in [2.24, 2.45) is 5.92 Å². The van der Waals surface area contributed by atoms with Crippen LogP contribution in [-0.4, -0.2) is 48.5 Å². The summed E-state index contributed by atoms with van der Waals surface area (Å²) in [6.45, 7) is 8.35. The highest BCUT2D eigenvalue weighted by Gasteiger charge is 2.27. The lowest BCUT2D eigenvalue weighted by Gasteiger charge is -2.28. The highest BCUT2D eigenvalue weighted by atomic mass is 19.1. The standard InChI is InChI=1S/C35H42FN3O4/c1-5-24(2)23-35(3,4)43-31(42)22-30(41)21-29(40)17-20-39-33(26-11-13-28(36)14-12-26)32(25-15-18-37-19-16-25)38-34(39)27-9-7-6-8-10-27/h6-16,18-19,24,29-30,40-41H,5,17,20-23H2,1-4H3/t24?,29-,30-/m1/s1. The van der Waals surface area contributed by atoms with Crippen molar-refractivity contribution < 1.29 is 24.1 Å². The van der Waals surface area contributed by atoms with E-state index in [1.807, 2.05) is 60.9 Å². The van der Waals surface area contributed by atoms with Gasteiger partial charge >= 0.3 is 5.97 Å². The van der Waals surface area contributed by atoms with Crippen LogP contribution < -0.4 is 0 Å². The number of carbonyl (C=O) groups excluding carboxylic acids is 1. The molecule has 0 aliphatic rings. The van der Waals surface area contributed by atoms with Crippen molar-refractivity contribution in [3.63, 3.8) is 0 Å². The fourth-order valence-corrected chi connectivity index (χ4v) is 5.45. The maximum atomic E-state index is 13.9. The number of nitrogens with zero attached hydrogens (tertiary/aromatic N) is 3. The van der Waals surface area contributed by atoms with Crippen LogP contribution in [0.4, 0.5) is 4.39 Å². The number of aliphatic hydroxyl groups excluding tert-OH is 2. The molecule has 2 N–H and O–H groups in total. The van der Waals surface area contributed by atoms with Gasteiger partial charge < -0.3 is 19.5 Å². The summed E-state index contributed by atoms with van der Waals surface area (Å²) in [6, 6.07) is 19.8. The third-order valence-electron chi connectivity index (χ3n) is 7.63. The van der Waals surface area contributed by atoms with E-state index in [9.17, 15) is 19.4 Å². The third-order valence-corrected chi connectivity index (χ3v) is 7.63. The normalized spacial score (nSPS) is 13.8. The average molecular weight is 588 g/mol. The zero-order chi connectivity index (χ0) is 31.0. The van der Waals surface area contributed by atoms with Crippen LogP contribution in [0.25, 0.3) is 33.9 Å². The Morgan fingerprint density at radius 2 is 1.63 bits per heavy atom. The Bertz CT molecular complexity index is 1460. The van der Waals surface area contributed by atoms with E-state index in [1.165, 1.54) is 12.1 Å². The van der Waals surface area contributed by atoms with Crippen LogP contribution in [0.15, 0.2) is 79.1 Å². The van der Waals surface area contributed by atoms with Gasteiger partial charge in [0.1, 0.15) is 17.2 Å². The summed E-state index contributed by atoms with van der Waals surface area (Å²) >= 11 is 0. The molecule has 0 radical (unpaired) electrons. The molecule has 4 rings (SSSR count). The van der Waals surface area contributed by atoms with Crippen molar-refractivity contribution in [2.75, 3.05) is 0 Å². The minimum atomic E-state index is -1.04. The Balaban J connectivity index is 1.55. The first-order valence-electron chi connectivity index (χ1n) is 15.0. The molecule has 0 saturated heterocycles. The maximum Gasteiger partial charge on any atom is 0.308 e.